The fraction of sp³-hybridized carbons (Fsp3) is 0.412. The number of rotatable bonds is 3. The van der Waals surface area contributed by atoms with Gasteiger partial charge >= 0.3 is 0 Å². The predicted molar refractivity (Wildman–Crippen MR) is 95.5 cm³/mol. The highest BCUT2D eigenvalue weighted by molar-refractivity contribution is 7.98. The van der Waals surface area contributed by atoms with E-state index in [1.807, 2.05) is 30.2 Å². The minimum Gasteiger partial charge on any atom is -0.355 e. The molecule has 1 aliphatic rings. The van der Waals surface area contributed by atoms with Crippen molar-refractivity contribution in [2.75, 3.05) is 37.3 Å². The Labute approximate surface area is 146 Å². The number of hydrogen-bond acceptors (Lipinski definition) is 6. The van der Waals surface area contributed by atoms with E-state index in [2.05, 4.69) is 19.9 Å². The number of amides is 1. The summed E-state index contributed by atoms with van der Waals surface area (Å²) in [6.07, 6.45) is 8.09. The van der Waals surface area contributed by atoms with Crippen molar-refractivity contribution >= 4 is 23.5 Å². The van der Waals surface area contributed by atoms with Crippen LogP contribution in [0.15, 0.2) is 35.9 Å². The molecule has 0 aromatic carbocycles. The molecule has 3 rings (SSSR count). The van der Waals surface area contributed by atoms with Crippen molar-refractivity contribution in [1.82, 2.24) is 19.9 Å². The molecule has 2 aromatic rings. The number of anilines is 1. The number of aryl methyl sites for hydroxylation is 1. The molecule has 1 fully saturated rings. The van der Waals surface area contributed by atoms with Crippen LogP contribution in [0.25, 0.3) is 0 Å². The first-order chi connectivity index (χ1) is 11.7. The van der Waals surface area contributed by atoms with E-state index in [0.29, 0.717) is 12.1 Å². The summed E-state index contributed by atoms with van der Waals surface area (Å²) in [6, 6.07) is 3.83. The van der Waals surface area contributed by atoms with Gasteiger partial charge in [0.1, 0.15) is 5.82 Å². The summed E-state index contributed by atoms with van der Waals surface area (Å²) in [5.41, 5.74) is 1.66. The van der Waals surface area contributed by atoms with Gasteiger partial charge in [-0.3, -0.25) is 9.78 Å². The quantitative estimate of drug-likeness (QED) is 0.629. The molecule has 6 nitrogen and oxygen atoms in total. The Morgan fingerprint density at radius 3 is 2.88 bits per heavy atom. The van der Waals surface area contributed by atoms with Crippen molar-refractivity contribution in [3.05, 3.63) is 41.9 Å². The lowest BCUT2D eigenvalue weighted by Crippen LogP contribution is -2.35. The highest BCUT2D eigenvalue weighted by atomic mass is 32.2. The minimum atomic E-state index is 0.0561. The molecule has 7 heteroatoms. The third-order valence-corrected chi connectivity index (χ3v) is 4.59. The maximum Gasteiger partial charge on any atom is 0.255 e. The Bertz CT molecular complexity index is 724. The van der Waals surface area contributed by atoms with Gasteiger partial charge in [-0.05, 0) is 37.3 Å². The average molecular weight is 343 g/mol. The highest BCUT2D eigenvalue weighted by Gasteiger charge is 2.21. The second kappa shape index (κ2) is 7.61. The van der Waals surface area contributed by atoms with E-state index in [0.717, 1.165) is 42.6 Å². The van der Waals surface area contributed by atoms with Crippen molar-refractivity contribution in [1.29, 1.82) is 0 Å². The van der Waals surface area contributed by atoms with E-state index in [-0.39, 0.29) is 5.91 Å². The van der Waals surface area contributed by atoms with E-state index in [1.54, 1.807) is 18.6 Å². The molecule has 0 atom stereocenters. The molecule has 0 radical (unpaired) electrons. The number of hydrogen-bond donors (Lipinski definition) is 0. The van der Waals surface area contributed by atoms with Crippen LogP contribution in [0.1, 0.15) is 22.3 Å². The maximum absolute atomic E-state index is 12.7. The summed E-state index contributed by atoms with van der Waals surface area (Å²) in [7, 11) is 0. The smallest absolute Gasteiger partial charge is 0.255 e. The molecular formula is C17H21N5OS. The lowest BCUT2D eigenvalue weighted by molar-refractivity contribution is 0.0766. The van der Waals surface area contributed by atoms with Crippen LogP contribution in [0.2, 0.25) is 0 Å². The van der Waals surface area contributed by atoms with Crippen LogP contribution in [0.5, 0.6) is 0 Å². The Morgan fingerprint density at radius 1 is 1.21 bits per heavy atom. The number of thioether (sulfide) groups is 1. The summed E-state index contributed by atoms with van der Waals surface area (Å²) in [6.45, 7) is 5.05. The molecule has 0 aliphatic carbocycles. The Morgan fingerprint density at radius 2 is 2.08 bits per heavy atom. The molecule has 0 spiro atoms. The van der Waals surface area contributed by atoms with Gasteiger partial charge in [0.25, 0.3) is 5.91 Å². The Kier molecular flexibility index (Phi) is 5.30. The van der Waals surface area contributed by atoms with Gasteiger partial charge in [0, 0.05) is 44.8 Å². The molecule has 0 N–H and O–H groups in total. The van der Waals surface area contributed by atoms with Crippen LogP contribution in [-0.2, 0) is 0 Å². The summed E-state index contributed by atoms with van der Waals surface area (Å²) in [5.74, 6) is 0.987. The molecule has 2 aromatic heterocycles. The summed E-state index contributed by atoms with van der Waals surface area (Å²) in [5, 5.41) is 0.774. The predicted octanol–water partition coefficient (Wildman–Crippen LogP) is 2.25. The van der Waals surface area contributed by atoms with Crippen LogP contribution in [0.3, 0.4) is 0 Å². The van der Waals surface area contributed by atoms with E-state index in [4.69, 9.17) is 0 Å². The van der Waals surface area contributed by atoms with Gasteiger partial charge < -0.3 is 9.80 Å². The Hall–Kier alpha value is -2.15. The van der Waals surface area contributed by atoms with E-state index in [1.165, 1.54) is 11.8 Å². The zero-order valence-electron chi connectivity index (χ0n) is 14.0. The second-order valence-corrected chi connectivity index (χ2v) is 6.56. The number of nitrogens with zero attached hydrogens (tertiary/aromatic N) is 5. The summed E-state index contributed by atoms with van der Waals surface area (Å²) < 4.78 is 0. The molecule has 0 saturated carbocycles. The third-order valence-electron chi connectivity index (χ3n) is 4.03. The molecule has 1 saturated heterocycles. The van der Waals surface area contributed by atoms with Crippen LogP contribution < -0.4 is 4.90 Å². The van der Waals surface area contributed by atoms with E-state index < -0.39 is 0 Å². The number of carbonyl (C=O) groups is 1. The lowest BCUT2D eigenvalue weighted by atomic mass is 10.2. The van der Waals surface area contributed by atoms with Crippen molar-refractivity contribution in [3.8, 4) is 0 Å². The fourth-order valence-electron chi connectivity index (χ4n) is 2.81. The van der Waals surface area contributed by atoms with E-state index >= 15 is 0 Å². The first-order valence-corrected chi connectivity index (χ1v) is 9.23. The largest absolute Gasteiger partial charge is 0.355 e. The van der Waals surface area contributed by atoms with Gasteiger partial charge in [0.2, 0.25) is 0 Å². The molecule has 0 unspecified atom stereocenters. The van der Waals surface area contributed by atoms with Crippen LogP contribution >= 0.6 is 11.8 Å². The van der Waals surface area contributed by atoms with Gasteiger partial charge in [-0.25, -0.2) is 9.97 Å². The molecule has 1 amide bonds. The number of aromatic nitrogens is 3. The third kappa shape index (κ3) is 3.84. The monoisotopic (exact) mass is 343 g/mol. The summed E-state index contributed by atoms with van der Waals surface area (Å²) in [4.78, 5) is 29.7. The average Bonchev–Trinajstić information content (AvgIpc) is 2.87. The van der Waals surface area contributed by atoms with Crippen LogP contribution in [0, 0.1) is 6.92 Å². The Balaban J connectivity index is 1.69. The SMILES string of the molecule is CSc1nccc(N2CCCN(C(=O)c3cncc(C)c3)CC2)n1. The standard InChI is InChI=1S/C17H21N5OS/c1-13-10-14(12-18-11-13)16(23)22-7-3-6-21(8-9-22)15-4-5-19-17(20-15)24-2/h4-5,10-12H,3,6-9H2,1-2H3. The first kappa shape index (κ1) is 16.7. The molecule has 0 bridgehead atoms. The molecular weight excluding hydrogens is 322 g/mol. The normalized spacial score (nSPS) is 15.2. The zero-order chi connectivity index (χ0) is 16.9. The highest BCUT2D eigenvalue weighted by Crippen LogP contribution is 2.17. The second-order valence-electron chi connectivity index (χ2n) is 5.79. The lowest BCUT2D eigenvalue weighted by Gasteiger charge is -2.23. The number of pyridine rings is 1. The van der Waals surface area contributed by atoms with E-state index in [9.17, 15) is 4.79 Å². The topological polar surface area (TPSA) is 62.2 Å². The van der Waals surface area contributed by atoms with Gasteiger partial charge in [-0.1, -0.05) is 11.8 Å². The molecule has 24 heavy (non-hydrogen) atoms. The van der Waals surface area contributed by atoms with Crippen molar-refractivity contribution in [2.45, 2.75) is 18.5 Å². The van der Waals surface area contributed by atoms with Gasteiger partial charge in [0.15, 0.2) is 5.16 Å². The zero-order valence-corrected chi connectivity index (χ0v) is 14.8. The van der Waals surface area contributed by atoms with Crippen LogP contribution in [0.4, 0.5) is 5.82 Å². The molecule has 1 aliphatic heterocycles. The van der Waals surface area contributed by atoms with Gasteiger partial charge in [-0.15, -0.1) is 0 Å². The van der Waals surface area contributed by atoms with Crippen molar-refractivity contribution in [3.63, 3.8) is 0 Å². The maximum atomic E-state index is 12.7. The van der Waals surface area contributed by atoms with Gasteiger partial charge in [-0.2, -0.15) is 0 Å². The summed E-state index contributed by atoms with van der Waals surface area (Å²) >= 11 is 1.54. The van der Waals surface area contributed by atoms with Crippen molar-refractivity contribution < 1.29 is 4.79 Å². The first-order valence-electron chi connectivity index (χ1n) is 8.00. The number of carbonyl (C=O) groups excluding carboxylic acids is 1. The van der Waals surface area contributed by atoms with Gasteiger partial charge in [0.05, 0.1) is 5.56 Å². The molecule has 3 heterocycles. The minimum absolute atomic E-state index is 0.0561. The molecule has 126 valence electrons. The van der Waals surface area contributed by atoms with Crippen molar-refractivity contribution in [2.24, 2.45) is 0 Å². The fourth-order valence-corrected chi connectivity index (χ4v) is 3.16. The van der Waals surface area contributed by atoms with Crippen LogP contribution in [-0.4, -0.2) is 58.2 Å².